The van der Waals surface area contributed by atoms with Crippen molar-refractivity contribution >= 4 is 34.9 Å². The van der Waals surface area contributed by atoms with Crippen molar-refractivity contribution in [3.8, 4) is 5.75 Å². The number of benzene rings is 2. The molecule has 1 aliphatic heterocycles. The molecule has 0 bridgehead atoms. The van der Waals surface area contributed by atoms with Gasteiger partial charge in [0.15, 0.2) is 5.78 Å². The van der Waals surface area contributed by atoms with Gasteiger partial charge in [-0.05, 0) is 42.7 Å². The van der Waals surface area contributed by atoms with Crippen LogP contribution in [0.25, 0.3) is 0 Å². The van der Waals surface area contributed by atoms with Gasteiger partial charge >= 0.3 is 0 Å². The minimum absolute atomic E-state index is 0.147. The van der Waals surface area contributed by atoms with Gasteiger partial charge < -0.3 is 10.1 Å². The molecule has 30 heavy (non-hydrogen) atoms. The average molecular weight is 441 g/mol. The zero-order chi connectivity index (χ0) is 20.7. The fraction of sp³-hybridized carbons (Fsp3) is 0.227. The van der Waals surface area contributed by atoms with Gasteiger partial charge in [-0.3, -0.25) is 4.79 Å². The second-order valence-electron chi connectivity index (χ2n) is 7.32. The van der Waals surface area contributed by atoms with Crippen molar-refractivity contribution in [3.63, 3.8) is 0 Å². The maximum atomic E-state index is 12.8. The number of carbonyl (C=O) groups is 1. The van der Waals surface area contributed by atoms with E-state index >= 15 is 0 Å². The molecule has 0 saturated heterocycles. The third kappa shape index (κ3) is 3.46. The van der Waals surface area contributed by atoms with Crippen LogP contribution in [0.3, 0.4) is 0 Å². The van der Waals surface area contributed by atoms with Crippen molar-refractivity contribution in [2.45, 2.75) is 31.9 Å². The van der Waals surface area contributed by atoms with Crippen LogP contribution in [-0.4, -0.2) is 20.5 Å². The number of carbonyl (C=O) groups excluding carboxylic acids is 1. The molecule has 1 N–H and O–H groups in total. The van der Waals surface area contributed by atoms with Gasteiger partial charge in [0.2, 0.25) is 5.95 Å². The minimum Gasteiger partial charge on any atom is -0.489 e. The number of hydrogen-bond donors (Lipinski definition) is 1. The summed E-state index contributed by atoms with van der Waals surface area (Å²) >= 11 is 12.2. The van der Waals surface area contributed by atoms with Crippen LogP contribution in [0.1, 0.15) is 36.4 Å². The predicted octanol–water partition coefficient (Wildman–Crippen LogP) is 5.19. The molecule has 1 aliphatic carbocycles. The van der Waals surface area contributed by atoms with Crippen molar-refractivity contribution in [3.05, 3.63) is 81.2 Å². The molecule has 1 aromatic heterocycles. The third-order valence-electron chi connectivity index (χ3n) is 5.39. The molecule has 3 aromatic rings. The summed E-state index contributed by atoms with van der Waals surface area (Å²) < 4.78 is 7.75. The fourth-order valence-corrected chi connectivity index (χ4v) is 4.44. The Bertz CT molecular complexity index is 1170. The van der Waals surface area contributed by atoms with Crippen molar-refractivity contribution in [2.24, 2.45) is 0 Å². The number of halogens is 2. The Kier molecular flexibility index (Phi) is 4.97. The molecule has 0 radical (unpaired) electrons. The van der Waals surface area contributed by atoms with Crippen LogP contribution in [0.4, 0.5) is 5.95 Å². The average Bonchev–Trinajstić information content (AvgIpc) is 3.20. The Morgan fingerprint density at radius 3 is 2.93 bits per heavy atom. The largest absolute Gasteiger partial charge is 0.489 e. The number of Topliss-reactive ketones (excluding diaryl/α,β-unsaturated/α-hetero) is 1. The lowest BCUT2D eigenvalue weighted by atomic mass is 9.85. The Balaban J connectivity index is 1.47. The van der Waals surface area contributed by atoms with E-state index in [0.29, 0.717) is 34.8 Å². The van der Waals surface area contributed by atoms with Crippen molar-refractivity contribution in [1.82, 2.24) is 14.8 Å². The number of fused-ring (bicyclic) bond motifs is 1. The van der Waals surface area contributed by atoms with E-state index in [0.717, 1.165) is 35.2 Å². The van der Waals surface area contributed by atoms with E-state index in [9.17, 15) is 4.79 Å². The molecule has 1 atom stereocenters. The number of allylic oxidation sites excluding steroid dienone is 2. The summed E-state index contributed by atoms with van der Waals surface area (Å²) in [5, 5.41) is 8.79. The maximum absolute atomic E-state index is 12.8. The van der Waals surface area contributed by atoms with Crippen LogP contribution in [-0.2, 0) is 11.4 Å². The summed E-state index contributed by atoms with van der Waals surface area (Å²) in [5.74, 6) is 1.48. The second-order valence-corrected chi connectivity index (χ2v) is 8.17. The lowest BCUT2D eigenvalue weighted by Crippen LogP contribution is -2.31. The minimum atomic E-state index is -0.325. The van der Waals surface area contributed by atoms with Gasteiger partial charge in [0, 0.05) is 33.3 Å². The molecule has 2 aliphatic rings. The van der Waals surface area contributed by atoms with E-state index in [1.165, 1.54) is 6.33 Å². The number of ketones is 1. The van der Waals surface area contributed by atoms with Gasteiger partial charge in [-0.2, -0.15) is 10.1 Å². The number of anilines is 1. The highest BCUT2D eigenvalue weighted by Gasteiger charge is 2.36. The van der Waals surface area contributed by atoms with Gasteiger partial charge in [-0.15, -0.1) is 0 Å². The summed E-state index contributed by atoms with van der Waals surface area (Å²) in [6, 6.07) is 12.7. The number of aromatic nitrogens is 3. The lowest BCUT2D eigenvalue weighted by molar-refractivity contribution is -0.116. The first-order valence-corrected chi connectivity index (χ1v) is 10.5. The van der Waals surface area contributed by atoms with E-state index in [2.05, 4.69) is 15.4 Å². The Hall–Kier alpha value is -2.83. The fourth-order valence-electron chi connectivity index (χ4n) is 3.98. The highest BCUT2D eigenvalue weighted by Crippen LogP contribution is 2.40. The van der Waals surface area contributed by atoms with E-state index in [1.54, 1.807) is 16.8 Å². The van der Waals surface area contributed by atoms with Crippen molar-refractivity contribution in [2.75, 3.05) is 5.32 Å². The number of nitrogens with one attached hydrogen (secondary N) is 1. The van der Waals surface area contributed by atoms with Gasteiger partial charge in [0.05, 0.1) is 0 Å². The molecule has 8 heteroatoms. The van der Waals surface area contributed by atoms with Crippen LogP contribution < -0.4 is 10.1 Å². The molecule has 0 amide bonds. The molecule has 0 spiro atoms. The molecule has 6 nitrogen and oxygen atoms in total. The summed E-state index contributed by atoms with van der Waals surface area (Å²) in [5.41, 5.74) is 3.47. The molecule has 0 saturated carbocycles. The topological polar surface area (TPSA) is 69.0 Å². The van der Waals surface area contributed by atoms with E-state index in [-0.39, 0.29) is 11.8 Å². The second kappa shape index (κ2) is 7.78. The van der Waals surface area contributed by atoms with Crippen LogP contribution in [0.2, 0.25) is 10.0 Å². The highest BCUT2D eigenvalue weighted by molar-refractivity contribution is 6.35. The number of rotatable bonds is 4. The molecule has 0 fully saturated rings. The Labute approximate surface area is 183 Å². The summed E-state index contributed by atoms with van der Waals surface area (Å²) in [4.78, 5) is 17.1. The molecule has 5 rings (SSSR count). The highest BCUT2D eigenvalue weighted by atomic mass is 35.5. The van der Waals surface area contributed by atoms with Gasteiger partial charge in [-0.25, -0.2) is 4.68 Å². The predicted molar refractivity (Wildman–Crippen MR) is 115 cm³/mol. The van der Waals surface area contributed by atoms with Crippen LogP contribution >= 0.6 is 23.2 Å². The number of hydrogen-bond acceptors (Lipinski definition) is 5. The summed E-state index contributed by atoms with van der Waals surface area (Å²) in [6.07, 6.45) is 3.72. The summed E-state index contributed by atoms with van der Waals surface area (Å²) in [7, 11) is 0. The third-order valence-corrected chi connectivity index (χ3v) is 5.98. The molecular formula is C22H18Cl2N4O2. The van der Waals surface area contributed by atoms with Crippen LogP contribution in [0.15, 0.2) is 60.1 Å². The maximum Gasteiger partial charge on any atom is 0.226 e. The quantitative estimate of drug-likeness (QED) is 0.604. The molecule has 2 heterocycles. The van der Waals surface area contributed by atoms with E-state index in [1.807, 2.05) is 30.3 Å². The lowest BCUT2D eigenvalue weighted by Gasteiger charge is -2.32. The van der Waals surface area contributed by atoms with Crippen LogP contribution in [0, 0.1) is 0 Å². The standard InChI is InChI=1S/C22H18Cl2N4O2/c23-15-8-7-14(17(24)10-15)11-30-16-4-1-3-13(9-16)21-20-18(5-2-6-19(20)29)27-22-25-12-26-28(21)22/h1,3-4,7-10,12,21H,2,5-6,11H2,(H,25,26,27). The zero-order valence-electron chi connectivity index (χ0n) is 15.9. The normalized spacial score (nSPS) is 17.9. The number of nitrogens with zero attached hydrogens (tertiary/aromatic N) is 3. The Morgan fingerprint density at radius 1 is 1.17 bits per heavy atom. The molecular weight excluding hydrogens is 423 g/mol. The monoisotopic (exact) mass is 440 g/mol. The molecule has 2 aromatic carbocycles. The van der Waals surface area contributed by atoms with Gasteiger partial charge in [0.25, 0.3) is 0 Å². The van der Waals surface area contributed by atoms with E-state index in [4.69, 9.17) is 27.9 Å². The Morgan fingerprint density at radius 2 is 2.07 bits per heavy atom. The smallest absolute Gasteiger partial charge is 0.226 e. The first kappa shape index (κ1) is 19.2. The van der Waals surface area contributed by atoms with E-state index < -0.39 is 0 Å². The number of ether oxygens (including phenoxy) is 1. The first-order chi connectivity index (χ1) is 14.6. The SMILES string of the molecule is O=C1CCCC2=C1C(c1cccc(OCc3ccc(Cl)cc3Cl)c1)n1ncnc1N2. The molecule has 1 unspecified atom stereocenters. The zero-order valence-corrected chi connectivity index (χ0v) is 17.5. The van der Waals surface area contributed by atoms with Gasteiger partial charge in [-0.1, -0.05) is 41.4 Å². The van der Waals surface area contributed by atoms with Gasteiger partial charge in [0.1, 0.15) is 24.7 Å². The first-order valence-electron chi connectivity index (χ1n) is 9.69. The van der Waals surface area contributed by atoms with Crippen molar-refractivity contribution < 1.29 is 9.53 Å². The van der Waals surface area contributed by atoms with Crippen LogP contribution in [0.5, 0.6) is 5.75 Å². The summed E-state index contributed by atoms with van der Waals surface area (Å²) in [6.45, 7) is 0.313. The van der Waals surface area contributed by atoms with Crippen molar-refractivity contribution in [1.29, 1.82) is 0 Å². The molecule has 152 valence electrons.